The van der Waals surface area contributed by atoms with Gasteiger partial charge in [-0.3, -0.25) is 0 Å². The molecule has 0 atom stereocenters. The van der Waals surface area contributed by atoms with Gasteiger partial charge in [-0.2, -0.15) is 0 Å². The minimum atomic E-state index is 0.616. The summed E-state index contributed by atoms with van der Waals surface area (Å²) in [6, 6.07) is 5.98. The Hall–Kier alpha value is -1.82. The van der Waals surface area contributed by atoms with Crippen LogP contribution < -0.4 is 15.4 Å². The van der Waals surface area contributed by atoms with Gasteiger partial charge in [-0.15, -0.1) is 0 Å². The third kappa shape index (κ3) is 3.64. The van der Waals surface area contributed by atoms with Gasteiger partial charge >= 0.3 is 0 Å². The van der Waals surface area contributed by atoms with Gasteiger partial charge in [0.05, 0.1) is 7.11 Å². The minimum absolute atomic E-state index is 0.616. The Morgan fingerprint density at radius 3 is 2.71 bits per heavy atom. The van der Waals surface area contributed by atoms with E-state index in [2.05, 4.69) is 43.5 Å². The first-order chi connectivity index (χ1) is 10.2. The van der Waals surface area contributed by atoms with Crippen LogP contribution in [0.4, 0.5) is 17.3 Å². The molecule has 0 radical (unpaired) electrons. The summed E-state index contributed by atoms with van der Waals surface area (Å²) in [5.41, 5.74) is 2.09. The van der Waals surface area contributed by atoms with Crippen LogP contribution in [0.2, 0.25) is 0 Å². The van der Waals surface area contributed by atoms with Crippen molar-refractivity contribution in [2.45, 2.75) is 20.3 Å². The first kappa shape index (κ1) is 15.6. The number of rotatable bonds is 6. The molecule has 2 N–H and O–H groups in total. The molecule has 112 valence electrons. The Kier molecular flexibility index (Phi) is 5.38. The second-order valence-electron chi connectivity index (χ2n) is 4.57. The van der Waals surface area contributed by atoms with E-state index < -0.39 is 0 Å². The van der Waals surface area contributed by atoms with Gasteiger partial charge in [0, 0.05) is 16.7 Å². The Morgan fingerprint density at radius 1 is 1.24 bits per heavy atom. The number of ether oxygens (including phenoxy) is 1. The molecule has 0 unspecified atom stereocenters. The lowest BCUT2D eigenvalue weighted by Crippen LogP contribution is -2.07. The molecule has 0 amide bonds. The monoisotopic (exact) mass is 350 g/mol. The van der Waals surface area contributed by atoms with Crippen LogP contribution >= 0.6 is 15.9 Å². The molecule has 1 aromatic heterocycles. The van der Waals surface area contributed by atoms with Crippen LogP contribution in [0.3, 0.4) is 0 Å². The smallest absolute Gasteiger partial charge is 0.204 e. The first-order valence-corrected chi connectivity index (χ1v) is 7.61. The van der Waals surface area contributed by atoms with E-state index in [1.54, 1.807) is 7.11 Å². The van der Waals surface area contributed by atoms with E-state index in [0.29, 0.717) is 17.4 Å². The van der Waals surface area contributed by atoms with Gasteiger partial charge in [0.15, 0.2) is 11.6 Å². The van der Waals surface area contributed by atoms with Gasteiger partial charge < -0.3 is 15.4 Å². The van der Waals surface area contributed by atoms with Crippen LogP contribution in [0.15, 0.2) is 29.0 Å². The number of nitrogens with one attached hydrogen (secondary N) is 2. The van der Waals surface area contributed by atoms with Gasteiger partial charge in [-0.05, 0) is 31.0 Å². The highest BCUT2D eigenvalue weighted by Crippen LogP contribution is 2.33. The zero-order valence-electron chi connectivity index (χ0n) is 12.4. The van der Waals surface area contributed by atoms with Crippen LogP contribution in [-0.2, 0) is 0 Å². The van der Waals surface area contributed by atoms with Crippen molar-refractivity contribution in [1.82, 2.24) is 9.97 Å². The van der Waals surface area contributed by atoms with Gasteiger partial charge in [0.1, 0.15) is 6.33 Å². The fourth-order valence-corrected chi connectivity index (χ4v) is 2.26. The topological polar surface area (TPSA) is 59.1 Å². The molecule has 21 heavy (non-hydrogen) atoms. The lowest BCUT2D eigenvalue weighted by Gasteiger charge is -2.15. The van der Waals surface area contributed by atoms with Crippen molar-refractivity contribution in [2.75, 3.05) is 24.3 Å². The average Bonchev–Trinajstić information content (AvgIpc) is 2.50. The highest BCUT2D eigenvalue weighted by atomic mass is 79.9. The normalized spacial score (nSPS) is 10.3. The SMILES string of the molecule is CCCNc1ncnc(Nc2cccc(Br)c2C)c1OC. The molecule has 2 rings (SSSR count). The molecule has 0 saturated heterocycles. The van der Waals surface area contributed by atoms with Crippen molar-refractivity contribution >= 4 is 33.3 Å². The molecule has 0 aliphatic rings. The van der Waals surface area contributed by atoms with E-state index in [-0.39, 0.29) is 0 Å². The van der Waals surface area contributed by atoms with Gasteiger partial charge in [0.2, 0.25) is 5.75 Å². The highest BCUT2D eigenvalue weighted by Gasteiger charge is 2.13. The Bertz CT molecular complexity index is 619. The summed E-state index contributed by atoms with van der Waals surface area (Å²) in [6.07, 6.45) is 2.54. The highest BCUT2D eigenvalue weighted by molar-refractivity contribution is 9.10. The van der Waals surface area contributed by atoms with Crippen LogP contribution in [-0.4, -0.2) is 23.6 Å². The Labute approximate surface area is 133 Å². The summed E-state index contributed by atoms with van der Waals surface area (Å²) in [5.74, 6) is 1.96. The third-order valence-corrected chi connectivity index (χ3v) is 3.93. The van der Waals surface area contributed by atoms with Crippen LogP contribution in [0.1, 0.15) is 18.9 Å². The molecular formula is C15H19BrN4O. The molecule has 0 aliphatic heterocycles. The maximum absolute atomic E-state index is 5.45. The molecular weight excluding hydrogens is 332 g/mol. The molecule has 0 fully saturated rings. The molecule has 1 heterocycles. The summed E-state index contributed by atoms with van der Waals surface area (Å²) in [5, 5.41) is 6.54. The van der Waals surface area contributed by atoms with E-state index >= 15 is 0 Å². The summed E-state index contributed by atoms with van der Waals surface area (Å²) in [6.45, 7) is 4.98. The van der Waals surface area contributed by atoms with E-state index in [4.69, 9.17) is 4.74 Å². The van der Waals surface area contributed by atoms with Gasteiger partial charge in [-0.1, -0.05) is 28.9 Å². The maximum atomic E-state index is 5.45. The molecule has 2 aromatic rings. The van der Waals surface area contributed by atoms with Crippen LogP contribution in [0, 0.1) is 6.92 Å². The number of hydrogen-bond acceptors (Lipinski definition) is 5. The Morgan fingerprint density at radius 2 is 2.00 bits per heavy atom. The molecule has 5 nitrogen and oxygen atoms in total. The summed E-state index contributed by atoms with van der Waals surface area (Å²) in [7, 11) is 1.62. The van der Waals surface area contributed by atoms with Gasteiger partial charge in [-0.25, -0.2) is 9.97 Å². The average molecular weight is 351 g/mol. The zero-order chi connectivity index (χ0) is 15.2. The molecule has 0 bridgehead atoms. The second kappa shape index (κ2) is 7.26. The van der Waals surface area contributed by atoms with Crippen molar-refractivity contribution in [2.24, 2.45) is 0 Å². The number of hydrogen-bond donors (Lipinski definition) is 2. The summed E-state index contributed by atoms with van der Waals surface area (Å²) >= 11 is 3.53. The number of anilines is 3. The lowest BCUT2D eigenvalue weighted by molar-refractivity contribution is 0.415. The van der Waals surface area contributed by atoms with Crippen LogP contribution in [0.5, 0.6) is 5.75 Å². The fourth-order valence-electron chi connectivity index (χ4n) is 1.90. The van der Waals surface area contributed by atoms with Crippen molar-refractivity contribution in [3.8, 4) is 5.75 Å². The molecule has 6 heteroatoms. The number of methoxy groups -OCH3 is 1. The molecule has 1 aromatic carbocycles. The second-order valence-corrected chi connectivity index (χ2v) is 5.42. The van der Waals surface area contributed by atoms with Crippen molar-refractivity contribution in [1.29, 1.82) is 0 Å². The van der Waals surface area contributed by atoms with Crippen LogP contribution in [0.25, 0.3) is 0 Å². The standard InChI is InChI=1S/C15H19BrN4O/c1-4-8-17-14-13(21-3)15(19-9-18-14)20-12-7-5-6-11(16)10(12)2/h5-7,9H,4,8H2,1-3H3,(H2,17,18,19,20). The van der Waals surface area contributed by atoms with Gasteiger partial charge in [0.25, 0.3) is 0 Å². The molecule has 0 spiro atoms. The number of halogens is 1. The predicted octanol–water partition coefficient (Wildman–Crippen LogP) is 4.12. The summed E-state index contributed by atoms with van der Waals surface area (Å²) in [4.78, 5) is 8.51. The Balaban J connectivity index is 2.33. The maximum Gasteiger partial charge on any atom is 0.204 e. The van der Waals surface area contributed by atoms with E-state index in [9.17, 15) is 0 Å². The number of benzene rings is 1. The predicted molar refractivity (Wildman–Crippen MR) is 89.5 cm³/mol. The number of nitrogens with zero attached hydrogens (tertiary/aromatic N) is 2. The zero-order valence-corrected chi connectivity index (χ0v) is 14.0. The quantitative estimate of drug-likeness (QED) is 0.820. The third-order valence-electron chi connectivity index (χ3n) is 3.07. The fraction of sp³-hybridized carbons (Fsp3) is 0.333. The number of aromatic nitrogens is 2. The van der Waals surface area contributed by atoms with E-state index in [1.807, 2.05) is 25.1 Å². The van der Waals surface area contributed by atoms with Crippen molar-refractivity contribution in [3.05, 3.63) is 34.6 Å². The van der Waals surface area contributed by atoms with Crippen molar-refractivity contribution < 1.29 is 4.74 Å². The minimum Gasteiger partial charge on any atom is -0.490 e. The van der Waals surface area contributed by atoms with Crippen molar-refractivity contribution in [3.63, 3.8) is 0 Å². The molecule has 0 saturated carbocycles. The van der Waals surface area contributed by atoms with E-state index in [1.165, 1.54) is 6.33 Å². The van der Waals surface area contributed by atoms with E-state index in [0.717, 1.165) is 28.7 Å². The summed E-state index contributed by atoms with van der Waals surface area (Å²) < 4.78 is 6.50. The lowest BCUT2D eigenvalue weighted by atomic mass is 10.2. The largest absolute Gasteiger partial charge is 0.490 e. The molecule has 0 aliphatic carbocycles. The first-order valence-electron chi connectivity index (χ1n) is 6.82.